The van der Waals surface area contributed by atoms with E-state index in [1.807, 2.05) is 44.2 Å². The summed E-state index contributed by atoms with van der Waals surface area (Å²) in [4.78, 5) is 19.3. The number of carbonyl (C=O) groups excluding carboxylic acids is 1. The predicted molar refractivity (Wildman–Crippen MR) is 68.8 cm³/mol. The third kappa shape index (κ3) is 10.8. The number of halogens is 1. The van der Waals surface area contributed by atoms with Crippen molar-refractivity contribution in [2.75, 3.05) is 12.4 Å². The molecule has 0 aliphatic rings. The van der Waals surface area contributed by atoms with Gasteiger partial charge in [0, 0.05) is 10.5 Å². The fraction of sp³-hybridized carbons (Fsp3) is 0.364. The van der Waals surface area contributed by atoms with Gasteiger partial charge in [-0.2, -0.15) is 0 Å². The van der Waals surface area contributed by atoms with E-state index in [2.05, 4.69) is 15.9 Å². The lowest BCUT2D eigenvalue weighted by atomic mass is 10.2. The van der Waals surface area contributed by atoms with Crippen LogP contribution in [0.1, 0.15) is 24.2 Å². The van der Waals surface area contributed by atoms with Crippen LogP contribution in [0.3, 0.4) is 0 Å². The molecule has 0 aliphatic heterocycles. The highest BCUT2D eigenvalue weighted by Gasteiger charge is 1.99. The normalized spacial score (nSPS) is 7.75. The van der Waals surface area contributed by atoms with Crippen LogP contribution in [-0.4, -0.2) is 23.1 Å². The highest BCUT2D eigenvalue weighted by Crippen LogP contribution is 2.01. The Hall–Kier alpha value is -1.23. The minimum absolute atomic E-state index is 0.126. The molecule has 0 atom stereocenters. The fourth-order valence-corrected chi connectivity index (χ4v) is 1.02. The quantitative estimate of drug-likeness (QED) is 0.364. The molecule has 16 heavy (non-hydrogen) atoms. The summed E-state index contributed by atoms with van der Waals surface area (Å²) in [5.41, 5.74) is 0.763. The minimum atomic E-state index is -0.500. The first-order chi connectivity index (χ1) is 7.57. The predicted octanol–water partition coefficient (Wildman–Crippen LogP) is 3.18. The molecule has 0 bridgehead atoms. The molecule has 0 spiro atoms. The molecule has 0 radical (unpaired) electrons. The van der Waals surface area contributed by atoms with Gasteiger partial charge in [0.15, 0.2) is 12.8 Å². The Morgan fingerprint density at radius 2 is 1.69 bits per heavy atom. The first-order valence-electron chi connectivity index (χ1n) is 4.80. The molecule has 0 saturated heterocycles. The van der Waals surface area contributed by atoms with Gasteiger partial charge in [0.1, 0.15) is 0 Å². The average molecular weight is 290 g/mol. The lowest BCUT2D eigenvalue weighted by Gasteiger charge is -1.92. The van der Waals surface area contributed by atoms with Crippen molar-refractivity contribution in [1.29, 1.82) is 0 Å². The van der Waals surface area contributed by atoms with E-state index in [4.69, 9.17) is 10.1 Å². The van der Waals surface area contributed by atoms with Crippen LogP contribution in [0, 0.1) is 10.1 Å². The van der Waals surface area contributed by atoms with Crippen LogP contribution in [0.4, 0.5) is 0 Å². The molecule has 0 unspecified atom stereocenters. The number of carbonyl (C=O) groups is 1. The van der Waals surface area contributed by atoms with E-state index in [9.17, 15) is 4.79 Å². The Kier molecular flexibility index (Phi) is 12.7. The number of rotatable bonds is 2. The highest BCUT2D eigenvalue weighted by molar-refractivity contribution is 9.09. The molecular formula is C11H16BrNO3. The van der Waals surface area contributed by atoms with Crippen LogP contribution in [-0.2, 0) is 0 Å². The maximum Gasteiger partial charge on any atom is 0.194 e. The number of nitrogens with zero attached hydrogens (tertiary/aromatic N) is 1. The second kappa shape index (κ2) is 11.8. The molecule has 0 fully saturated rings. The number of hydrogen-bond donors (Lipinski definition) is 0. The van der Waals surface area contributed by atoms with Crippen LogP contribution in [0.15, 0.2) is 30.3 Å². The number of nitro groups is 1. The molecule has 0 amide bonds. The number of benzene rings is 1. The van der Waals surface area contributed by atoms with Gasteiger partial charge in [-0.3, -0.25) is 14.9 Å². The number of hydrogen-bond acceptors (Lipinski definition) is 3. The van der Waals surface area contributed by atoms with E-state index in [0.29, 0.717) is 5.33 Å². The summed E-state index contributed by atoms with van der Waals surface area (Å²) in [7, 11) is 0.889. The van der Waals surface area contributed by atoms with Crippen LogP contribution in [0.5, 0.6) is 0 Å². The van der Waals surface area contributed by atoms with Gasteiger partial charge in [0.25, 0.3) is 0 Å². The number of ketones is 1. The topological polar surface area (TPSA) is 60.2 Å². The monoisotopic (exact) mass is 289 g/mol. The van der Waals surface area contributed by atoms with Crippen molar-refractivity contribution in [2.45, 2.75) is 13.8 Å². The second-order valence-corrected chi connectivity index (χ2v) is 2.92. The molecule has 90 valence electrons. The van der Waals surface area contributed by atoms with Gasteiger partial charge >= 0.3 is 0 Å². The third-order valence-corrected chi connectivity index (χ3v) is 1.73. The molecule has 1 rings (SSSR count). The summed E-state index contributed by atoms with van der Waals surface area (Å²) < 4.78 is 0. The van der Waals surface area contributed by atoms with Gasteiger partial charge in [-0.1, -0.05) is 60.1 Å². The van der Waals surface area contributed by atoms with Gasteiger partial charge in [0.05, 0.1) is 5.33 Å². The molecule has 0 N–H and O–H groups in total. The van der Waals surface area contributed by atoms with Crippen molar-refractivity contribution in [2.24, 2.45) is 0 Å². The minimum Gasteiger partial charge on any atom is -0.293 e. The lowest BCUT2D eigenvalue weighted by molar-refractivity contribution is -0.445. The first kappa shape index (κ1) is 17.2. The molecule has 0 saturated carbocycles. The van der Waals surface area contributed by atoms with Crippen LogP contribution >= 0.6 is 15.9 Å². The third-order valence-electron chi connectivity index (χ3n) is 1.22. The summed E-state index contributed by atoms with van der Waals surface area (Å²) in [6.45, 7) is 4.00. The Balaban J connectivity index is 0. The molecular weight excluding hydrogens is 274 g/mol. The maximum absolute atomic E-state index is 11.0. The highest BCUT2D eigenvalue weighted by atomic mass is 79.9. The molecule has 1 aromatic rings. The number of Topliss-reactive ketones (excluding diaryl/α,β-unsaturated/α-hetero) is 1. The van der Waals surface area contributed by atoms with E-state index in [0.717, 1.165) is 12.6 Å². The standard InChI is InChI=1S/C8H7BrO.C2H6.CH3NO2/c9-6-8(10)7-4-2-1-3-5-7;1-2;1-2(3)4/h1-5H,6H2;1-2H3;1H3. The van der Waals surface area contributed by atoms with Gasteiger partial charge in [-0.25, -0.2) is 0 Å². The average Bonchev–Trinajstić information content (AvgIpc) is 2.31. The zero-order chi connectivity index (χ0) is 13.0. The Bertz CT molecular complexity index is 297. The van der Waals surface area contributed by atoms with Gasteiger partial charge in [0.2, 0.25) is 0 Å². The maximum atomic E-state index is 11.0. The van der Waals surface area contributed by atoms with Crippen LogP contribution in [0.2, 0.25) is 0 Å². The zero-order valence-electron chi connectivity index (χ0n) is 9.64. The van der Waals surface area contributed by atoms with E-state index in [1.165, 1.54) is 0 Å². The molecule has 5 heteroatoms. The molecule has 0 aliphatic carbocycles. The Morgan fingerprint density at radius 1 is 1.31 bits per heavy atom. The Labute approximate surface area is 104 Å². The van der Waals surface area contributed by atoms with E-state index in [-0.39, 0.29) is 5.78 Å². The van der Waals surface area contributed by atoms with E-state index < -0.39 is 4.92 Å². The van der Waals surface area contributed by atoms with Crippen LogP contribution in [0.25, 0.3) is 0 Å². The summed E-state index contributed by atoms with van der Waals surface area (Å²) in [6.07, 6.45) is 0. The lowest BCUT2D eigenvalue weighted by Crippen LogP contribution is -1.98. The van der Waals surface area contributed by atoms with E-state index >= 15 is 0 Å². The fourth-order valence-electron chi connectivity index (χ4n) is 0.701. The zero-order valence-corrected chi connectivity index (χ0v) is 11.2. The van der Waals surface area contributed by atoms with Crippen molar-refractivity contribution in [3.05, 3.63) is 46.0 Å². The van der Waals surface area contributed by atoms with E-state index in [1.54, 1.807) is 0 Å². The van der Waals surface area contributed by atoms with Crippen molar-refractivity contribution >= 4 is 21.7 Å². The SMILES string of the molecule is CC.C[N+](=O)[O-].O=C(CBr)c1ccccc1. The second-order valence-electron chi connectivity index (χ2n) is 2.36. The van der Waals surface area contributed by atoms with Gasteiger partial charge in [-0.05, 0) is 0 Å². The molecule has 0 aromatic heterocycles. The molecule has 4 nitrogen and oxygen atoms in total. The smallest absolute Gasteiger partial charge is 0.194 e. The van der Waals surface area contributed by atoms with Crippen molar-refractivity contribution in [3.63, 3.8) is 0 Å². The van der Waals surface area contributed by atoms with Crippen molar-refractivity contribution < 1.29 is 9.72 Å². The Morgan fingerprint density at radius 3 is 2.00 bits per heavy atom. The summed E-state index contributed by atoms with van der Waals surface area (Å²) in [5.74, 6) is 0.126. The summed E-state index contributed by atoms with van der Waals surface area (Å²) in [5, 5.41) is 9.21. The first-order valence-corrected chi connectivity index (χ1v) is 5.92. The summed E-state index contributed by atoms with van der Waals surface area (Å²) in [6, 6.07) is 9.23. The van der Waals surface area contributed by atoms with Crippen LogP contribution < -0.4 is 0 Å². The molecule has 1 aromatic carbocycles. The summed E-state index contributed by atoms with van der Waals surface area (Å²) >= 11 is 3.10. The van der Waals surface area contributed by atoms with Crippen molar-refractivity contribution in [3.8, 4) is 0 Å². The largest absolute Gasteiger partial charge is 0.293 e. The number of alkyl halides is 1. The molecule has 0 heterocycles. The van der Waals surface area contributed by atoms with Crippen molar-refractivity contribution in [1.82, 2.24) is 0 Å². The van der Waals surface area contributed by atoms with Gasteiger partial charge < -0.3 is 0 Å². The van der Waals surface area contributed by atoms with Gasteiger partial charge in [-0.15, -0.1) is 0 Å².